The molecule has 1 unspecified atom stereocenters. The summed E-state index contributed by atoms with van der Waals surface area (Å²) >= 11 is 0. The van der Waals surface area contributed by atoms with E-state index >= 15 is 0 Å². The summed E-state index contributed by atoms with van der Waals surface area (Å²) in [4.78, 5) is 55.6. The van der Waals surface area contributed by atoms with E-state index in [9.17, 15) is 19.2 Å². The largest absolute Gasteiger partial charge is 0.467 e. The van der Waals surface area contributed by atoms with Crippen LogP contribution in [0.25, 0.3) is 10.9 Å². The molecular weight excluding hydrogens is 436 g/mol. The number of H-pyrrole nitrogens is 1. The zero-order valence-corrected chi connectivity index (χ0v) is 18.5. The van der Waals surface area contributed by atoms with Crippen LogP contribution in [0.1, 0.15) is 59.8 Å². The van der Waals surface area contributed by atoms with E-state index in [0.717, 1.165) is 15.8 Å². The van der Waals surface area contributed by atoms with Crippen LogP contribution in [0.5, 0.6) is 0 Å². The number of ketones is 1. The van der Waals surface area contributed by atoms with Gasteiger partial charge in [0.15, 0.2) is 6.10 Å². The van der Waals surface area contributed by atoms with Crippen molar-refractivity contribution >= 4 is 34.5 Å². The maximum Gasteiger partial charge on any atom is 0.338 e. The zero-order valence-electron chi connectivity index (χ0n) is 18.5. The number of rotatable bonds is 6. The summed E-state index contributed by atoms with van der Waals surface area (Å²) in [6.45, 7) is 3.29. The van der Waals surface area contributed by atoms with Crippen molar-refractivity contribution in [2.24, 2.45) is 0 Å². The molecule has 8 heteroatoms. The molecule has 0 radical (unpaired) electrons. The molecule has 3 heterocycles. The van der Waals surface area contributed by atoms with Crippen molar-refractivity contribution in [2.75, 3.05) is 0 Å². The SMILES string of the molecule is Cc1[nH]c2ccccc2c1C(=O)C(C)OC(=O)c1ccc2c(c1)C(=O)N(Cc1ccco1)C2=O. The fraction of sp³-hybridized carbons (Fsp3) is 0.154. The highest BCUT2D eigenvalue weighted by Gasteiger charge is 2.37. The number of aryl methyl sites for hydroxylation is 1. The van der Waals surface area contributed by atoms with E-state index in [1.165, 1.54) is 31.4 Å². The molecule has 0 fully saturated rings. The Bertz CT molecular complexity index is 1460. The maximum atomic E-state index is 13.1. The van der Waals surface area contributed by atoms with Crippen LogP contribution in [0.2, 0.25) is 0 Å². The van der Waals surface area contributed by atoms with Gasteiger partial charge in [0.25, 0.3) is 11.8 Å². The summed E-state index contributed by atoms with van der Waals surface area (Å²) in [5.74, 6) is -1.61. The average Bonchev–Trinajstić information content (AvgIpc) is 3.52. The molecule has 1 atom stereocenters. The second kappa shape index (κ2) is 8.15. The summed E-state index contributed by atoms with van der Waals surface area (Å²) in [6.07, 6.45) is 0.411. The Morgan fingerprint density at radius 3 is 2.56 bits per heavy atom. The van der Waals surface area contributed by atoms with Gasteiger partial charge < -0.3 is 14.1 Å². The number of esters is 1. The van der Waals surface area contributed by atoms with Crippen molar-refractivity contribution < 1.29 is 28.3 Å². The fourth-order valence-electron chi connectivity index (χ4n) is 4.20. The van der Waals surface area contributed by atoms with Crippen molar-refractivity contribution in [1.29, 1.82) is 0 Å². The van der Waals surface area contributed by atoms with Crippen molar-refractivity contribution in [3.05, 3.63) is 94.6 Å². The minimum absolute atomic E-state index is 0.00532. The van der Waals surface area contributed by atoms with Crippen LogP contribution >= 0.6 is 0 Å². The van der Waals surface area contributed by atoms with Crippen LogP contribution in [0.4, 0.5) is 0 Å². The molecule has 0 bridgehead atoms. The summed E-state index contributed by atoms with van der Waals surface area (Å²) < 4.78 is 10.7. The number of aromatic nitrogens is 1. The number of Topliss-reactive ketones (excluding diaryl/α,β-unsaturated/α-hetero) is 1. The second-order valence-corrected chi connectivity index (χ2v) is 8.12. The van der Waals surface area contributed by atoms with Gasteiger partial charge in [-0.25, -0.2) is 4.79 Å². The average molecular weight is 456 g/mol. The number of fused-ring (bicyclic) bond motifs is 2. The number of para-hydroxylation sites is 1. The number of hydrogen-bond acceptors (Lipinski definition) is 6. The van der Waals surface area contributed by atoms with Gasteiger partial charge in [-0.15, -0.1) is 0 Å². The van der Waals surface area contributed by atoms with Crippen molar-refractivity contribution in [3.8, 4) is 0 Å². The minimum atomic E-state index is -1.05. The van der Waals surface area contributed by atoms with E-state index in [1.807, 2.05) is 24.3 Å². The number of imide groups is 1. The molecule has 5 rings (SSSR count). The molecule has 34 heavy (non-hydrogen) atoms. The Morgan fingerprint density at radius 1 is 1.03 bits per heavy atom. The Balaban J connectivity index is 1.35. The topological polar surface area (TPSA) is 110 Å². The number of carbonyl (C=O) groups excluding carboxylic acids is 4. The Kier molecular flexibility index (Phi) is 5.13. The molecule has 1 N–H and O–H groups in total. The molecule has 0 spiro atoms. The van der Waals surface area contributed by atoms with Crippen LogP contribution in [0.3, 0.4) is 0 Å². The van der Waals surface area contributed by atoms with Gasteiger partial charge in [-0.1, -0.05) is 18.2 Å². The van der Waals surface area contributed by atoms with Gasteiger partial charge in [-0.3, -0.25) is 19.3 Å². The molecule has 2 amide bonds. The smallest absolute Gasteiger partial charge is 0.338 e. The van der Waals surface area contributed by atoms with E-state index in [2.05, 4.69) is 4.98 Å². The molecule has 4 aromatic rings. The van der Waals surface area contributed by atoms with Gasteiger partial charge in [-0.2, -0.15) is 0 Å². The van der Waals surface area contributed by atoms with E-state index in [-0.39, 0.29) is 29.0 Å². The summed E-state index contributed by atoms with van der Waals surface area (Å²) in [5, 5.41) is 0.756. The molecular formula is C26H20N2O6. The summed E-state index contributed by atoms with van der Waals surface area (Å²) in [6, 6.07) is 14.9. The van der Waals surface area contributed by atoms with Gasteiger partial charge >= 0.3 is 5.97 Å². The fourth-order valence-corrected chi connectivity index (χ4v) is 4.20. The molecule has 8 nitrogen and oxygen atoms in total. The third-order valence-corrected chi connectivity index (χ3v) is 5.89. The number of amides is 2. The quantitative estimate of drug-likeness (QED) is 0.263. The third kappa shape index (κ3) is 3.49. The number of hydrogen-bond donors (Lipinski definition) is 1. The lowest BCUT2D eigenvalue weighted by molar-refractivity contribution is 0.0319. The molecule has 0 saturated heterocycles. The molecule has 0 aliphatic carbocycles. The maximum absolute atomic E-state index is 13.1. The molecule has 2 aromatic heterocycles. The van der Waals surface area contributed by atoms with E-state index in [0.29, 0.717) is 17.0 Å². The van der Waals surface area contributed by atoms with Crippen molar-refractivity contribution in [1.82, 2.24) is 9.88 Å². The molecule has 1 aliphatic heterocycles. The standard InChI is InChI=1S/C26H20N2O6/c1-14-22(19-7-3-4-8-21(19)27-14)23(29)15(2)34-26(32)16-9-10-18-20(12-16)25(31)28(24(18)30)13-17-6-5-11-33-17/h3-12,15,27H,13H2,1-2H3. The molecule has 1 aliphatic rings. The first kappa shape index (κ1) is 21.4. The predicted octanol–water partition coefficient (Wildman–Crippen LogP) is 4.29. The van der Waals surface area contributed by atoms with Gasteiger partial charge in [0, 0.05) is 22.2 Å². The minimum Gasteiger partial charge on any atom is -0.467 e. The zero-order chi connectivity index (χ0) is 24.0. The predicted molar refractivity (Wildman–Crippen MR) is 122 cm³/mol. The first-order valence-corrected chi connectivity index (χ1v) is 10.7. The highest BCUT2D eigenvalue weighted by molar-refractivity contribution is 6.22. The lowest BCUT2D eigenvalue weighted by atomic mass is 10.0. The monoisotopic (exact) mass is 456 g/mol. The number of ether oxygens (including phenoxy) is 1. The van der Waals surface area contributed by atoms with Crippen LogP contribution in [-0.2, 0) is 11.3 Å². The second-order valence-electron chi connectivity index (χ2n) is 8.12. The van der Waals surface area contributed by atoms with Crippen LogP contribution in [0.15, 0.2) is 65.3 Å². The number of furan rings is 1. The first-order valence-electron chi connectivity index (χ1n) is 10.7. The van der Waals surface area contributed by atoms with E-state index < -0.39 is 23.9 Å². The number of aromatic amines is 1. The van der Waals surface area contributed by atoms with E-state index in [4.69, 9.17) is 9.15 Å². The van der Waals surface area contributed by atoms with Crippen LogP contribution in [-0.4, -0.2) is 39.6 Å². The molecule has 170 valence electrons. The Labute approximate surface area is 194 Å². The Morgan fingerprint density at radius 2 is 1.79 bits per heavy atom. The highest BCUT2D eigenvalue weighted by atomic mass is 16.5. The van der Waals surface area contributed by atoms with Gasteiger partial charge in [0.05, 0.1) is 29.5 Å². The van der Waals surface area contributed by atoms with Gasteiger partial charge in [0.1, 0.15) is 5.76 Å². The van der Waals surface area contributed by atoms with Gasteiger partial charge in [0.2, 0.25) is 5.78 Å². The lowest BCUT2D eigenvalue weighted by Gasteiger charge is -2.13. The molecule has 2 aromatic carbocycles. The van der Waals surface area contributed by atoms with Crippen molar-refractivity contribution in [2.45, 2.75) is 26.5 Å². The number of carbonyl (C=O) groups is 4. The number of nitrogens with zero attached hydrogens (tertiary/aromatic N) is 1. The normalized spacial score (nSPS) is 13.9. The van der Waals surface area contributed by atoms with E-state index in [1.54, 1.807) is 19.1 Å². The highest BCUT2D eigenvalue weighted by Crippen LogP contribution is 2.27. The van der Waals surface area contributed by atoms with Gasteiger partial charge in [-0.05, 0) is 50.2 Å². The third-order valence-electron chi connectivity index (χ3n) is 5.89. The van der Waals surface area contributed by atoms with Crippen LogP contribution < -0.4 is 0 Å². The number of nitrogens with one attached hydrogen (secondary N) is 1. The van der Waals surface area contributed by atoms with Crippen LogP contribution in [0, 0.1) is 6.92 Å². The van der Waals surface area contributed by atoms with Crippen molar-refractivity contribution in [3.63, 3.8) is 0 Å². The first-order chi connectivity index (χ1) is 16.3. The summed E-state index contributed by atoms with van der Waals surface area (Å²) in [5.41, 5.74) is 2.37. The number of benzene rings is 2. The Hall–Kier alpha value is -4.46. The lowest BCUT2D eigenvalue weighted by Crippen LogP contribution is -2.28. The summed E-state index contributed by atoms with van der Waals surface area (Å²) in [7, 11) is 0. The molecule has 0 saturated carbocycles.